The predicted molar refractivity (Wildman–Crippen MR) is 87.0 cm³/mol. The van der Waals surface area contributed by atoms with E-state index < -0.39 is 0 Å². The average molecular weight is 320 g/mol. The Kier molecular flexibility index (Phi) is 4.97. The van der Waals surface area contributed by atoms with Crippen molar-refractivity contribution < 1.29 is 14.3 Å². The minimum Gasteiger partial charge on any atom is -0.486 e. The van der Waals surface area contributed by atoms with E-state index in [2.05, 4.69) is 34.2 Å². The summed E-state index contributed by atoms with van der Waals surface area (Å²) in [6.07, 6.45) is 4.49. The molecule has 2 aliphatic heterocycles. The lowest BCUT2D eigenvalue weighted by molar-refractivity contribution is -0.105. The molecular weight excluding hydrogens is 296 g/mol. The Morgan fingerprint density at radius 3 is 2.39 bits per heavy atom. The quantitative estimate of drug-likeness (QED) is 0.715. The van der Waals surface area contributed by atoms with E-state index in [9.17, 15) is 4.79 Å². The first kappa shape index (κ1) is 16.0. The molecule has 1 aromatic rings. The van der Waals surface area contributed by atoms with Gasteiger partial charge >= 0.3 is 0 Å². The molecule has 1 aromatic heterocycles. The van der Waals surface area contributed by atoms with E-state index in [-0.39, 0.29) is 0 Å². The molecule has 0 radical (unpaired) electrons. The van der Waals surface area contributed by atoms with E-state index in [0.717, 1.165) is 25.9 Å². The number of anilines is 1. The first-order chi connectivity index (χ1) is 11.2. The molecule has 3 rings (SSSR count). The van der Waals surface area contributed by atoms with E-state index in [1.807, 2.05) is 0 Å². The topological polar surface area (TPSA) is 66.9 Å². The lowest BCUT2D eigenvalue weighted by Crippen LogP contribution is -2.48. The highest BCUT2D eigenvalue weighted by molar-refractivity contribution is 5.71. The number of rotatable bonds is 8. The number of amides is 1. The fourth-order valence-corrected chi connectivity index (χ4v) is 2.71. The highest BCUT2D eigenvalue weighted by atomic mass is 16.5. The van der Waals surface area contributed by atoms with Crippen molar-refractivity contribution in [3.63, 3.8) is 0 Å². The highest BCUT2D eigenvalue weighted by Crippen LogP contribution is 2.29. The molecule has 0 aliphatic carbocycles. The van der Waals surface area contributed by atoms with Crippen LogP contribution >= 0.6 is 0 Å². The molecule has 7 nitrogen and oxygen atoms in total. The number of pyridine rings is 1. The average Bonchev–Trinajstić information content (AvgIpc) is 2.54. The zero-order valence-electron chi connectivity index (χ0n) is 13.7. The molecule has 3 heterocycles. The van der Waals surface area contributed by atoms with Crippen molar-refractivity contribution in [1.29, 1.82) is 0 Å². The van der Waals surface area contributed by atoms with Gasteiger partial charge in [0.25, 0.3) is 5.88 Å². The van der Waals surface area contributed by atoms with Gasteiger partial charge in [0.05, 0.1) is 11.9 Å². The predicted octanol–water partition coefficient (Wildman–Crippen LogP) is 0.816. The van der Waals surface area contributed by atoms with Crippen LogP contribution in [-0.4, -0.2) is 73.7 Å². The maximum Gasteiger partial charge on any atom is 0.257 e. The molecule has 23 heavy (non-hydrogen) atoms. The fourth-order valence-electron chi connectivity index (χ4n) is 2.71. The van der Waals surface area contributed by atoms with Crippen LogP contribution in [0.3, 0.4) is 0 Å². The number of aromatic nitrogens is 1. The van der Waals surface area contributed by atoms with Gasteiger partial charge in [0.1, 0.15) is 13.2 Å². The second-order valence-electron chi connectivity index (χ2n) is 6.26. The van der Waals surface area contributed by atoms with Crippen molar-refractivity contribution in [2.75, 3.05) is 45.7 Å². The van der Waals surface area contributed by atoms with Gasteiger partial charge < -0.3 is 14.8 Å². The smallest absolute Gasteiger partial charge is 0.257 e. The summed E-state index contributed by atoms with van der Waals surface area (Å²) in [5.41, 5.74) is 0.602. The monoisotopic (exact) mass is 320 g/mol. The molecule has 7 heteroatoms. The maximum absolute atomic E-state index is 10.6. The van der Waals surface area contributed by atoms with Crippen molar-refractivity contribution in [2.45, 2.75) is 24.9 Å². The highest BCUT2D eigenvalue weighted by Gasteiger charge is 2.27. The molecule has 0 saturated carbocycles. The molecule has 0 unspecified atom stereocenters. The zero-order valence-corrected chi connectivity index (χ0v) is 13.7. The molecule has 1 N–H and O–H groups in total. The Bertz CT molecular complexity index is 554. The van der Waals surface area contributed by atoms with Gasteiger partial charge in [-0.1, -0.05) is 0 Å². The molecule has 126 valence electrons. The minimum atomic E-state index is 0.434. The van der Waals surface area contributed by atoms with Crippen LogP contribution in [0.2, 0.25) is 0 Å². The summed E-state index contributed by atoms with van der Waals surface area (Å²) in [4.78, 5) is 19.4. The lowest BCUT2D eigenvalue weighted by Gasteiger charge is -2.38. The Hall–Kier alpha value is -1.86. The minimum absolute atomic E-state index is 0.434. The Morgan fingerprint density at radius 1 is 1.22 bits per heavy atom. The summed E-state index contributed by atoms with van der Waals surface area (Å²) in [5.74, 6) is 1.07. The fraction of sp³-hybridized carbons (Fsp3) is 0.625. The number of likely N-dealkylation sites (tertiary alicyclic amines) is 2. The Labute approximate surface area is 136 Å². The number of carbonyl (C=O) groups excluding carboxylic acids is 1. The standard InChI is InChI=1S/C16H24N4O3/c1-19-5-3-13(19)9-22-15-7-12(18-11-21)8-17-16(15)23-10-14-4-6-20(14)2/h7-8,11,13-14H,3-6,9-10H2,1-2H3,(H,18,21)/t13-,14-/m0/s1. The van der Waals surface area contributed by atoms with Crippen molar-refractivity contribution >= 4 is 12.1 Å². The van der Waals surface area contributed by atoms with Gasteiger partial charge in [0.15, 0.2) is 5.75 Å². The van der Waals surface area contributed by atoms with Gasteiger partial charge in [0.2, 0.25) is 6.41 Å². The molecule has 2 fully saturated rings. The summed E-state index contributed by atoms with van der Waals surface area (Å²) < 4.78 is 11.8. The lowest BCUT2D eigenvalue weighted by atomic mass is 10.1. The van der Waals surface area contributed by atoms with Gasteiger partial charge in [-0.15, -0.1) is 0 Å². The number of nitrogens with zero attached hydrogens (tertiary/aromatic N) is 3. The van der Waals surface area contributed by atoms with E-state index >= 15 is 0 Å². The van der Waals surface area contributed by atoms with Crippen LogP contribution in [0, 0.1) is 0 Å². The van der Waals surface area contributed by atoms with Crippen molar-refractivity contribution in [1.82, 2.24) is 14.8 Å². The Morgan fingerprint density at radius 2 is 1.87 bits per heavy atom. The number of ether oxygens (including phenoxy) is 2. The molecule has 2 saturated heterocycles. The molecular formula is C16H24N4O3. The third kappa shape index (κ3) is 3.73. The first-order valence-electron chi connectivity index (χ1n) is 8.03. The molecule has 1 amide bonds. The second-order valence-corrected chi connectivity index (χ2v) is 6.26. The van der Waals surface area contributed by atoms with E-state index in [1.165, 1.54) is 0 Å². The molecule has 0 bridgehead atoms. The number of hydrogen-bond acceptors (Lipinski definition) is 6. The van der Waals surface area contributed by atoms with Crippen LogP contribution < -0.4 is 14.8 Å². The number of nitrogens with one attached hydrogen (secondary N) is 1. The number of likely N-dealkylation sites (N-methyl/N-ethyl adjacent to an activating group) is 2. The molecule has 0 spiro atoms. The van der Waals surface area contributed by atoms with Crippen LogP contribution in [-0.2, 0) is 4.79 Å². The number of carbonyl (C=O) groups is 1. The van der Waals surface area contributed by atoms with E-state index in [0.29, 0.717) is 49.0 Å². The summed E-state index contributed by atoms with van der Waals surface area (Å²) >= 11 is 0. The van der Waals surface area contributed by atoms with Crippen LogP contribution in [0.1, 0.15) is 12.8 Å². The van der Waals surface area contributed by atoms with Crippen LogP contribution in [0.15, 0.2) is 12.3 Å². The Balaban J connectivity index is 1.64. The molecule has 0 aromatic carbocycles. The maximum atomic E-state index is 10.6. The largest absolute Gasteiger partial charge is 0.486 e. The van der Waals surface area contributed by atoms with Crippen LogP contribution in [0.25, 0.3) is 0 Å². The molecule has 2 aliphatic rings. The van der Waals surface area contributed by atoms with Crippen molar-refractivity contribution in [2.24, 2.45) is 0 Å². The van der Waals surface area contributed by atoms with E-state index in [4.69, 9.17) is 9.47 Å². The van der Waals surface area contributed by atoms with Crippen LogP contribution in [0.4, 0.5) is 5.69 Å². The third-order valence-electron chi connectivity index (χ3n) is 4.76. The first-order valence-corrected chi connectivity index (χ1v) is 8.03. The SMILES string of the molecule is CN1CC[C@H]1COc1cc(NC=O)cnc1OC[C@@H]1CCN1C. The molecule has 2 atom stereocenters. The van der Waals surface area contributed by atoms with Gasteiger partial charge in [-0.3, -0.25) is 14.6 Å². The third-order valence-corrected chi connectivity index (χ3v) is 4.76. The summed E-state index contributed by atoms with van der Waals surface area (Å²) in [6.45, 7) is 3.42. The van der Waals surface area contributed by atoms with Crippen molar-refractivity contribution in [3.05, 3.63) is 12.3 Å². The summed E-state index contributed by atoms with van der Waals surface area (Å²) in [5, 5.41) is 2.60. The van der Waals surface area contributed by atoms with Gasteiger partial charge in [-0.05, 0) is 40.0 Å². The normalized spacial score (nSPS) is 24.4. The van der Waals surface area contributed by atoms with Gasteiger partial charge in [0, 0.05) is 18.2 Å². The van der Waals surface area contributed by atoms with Crippen molar-refractivity contribution in [3.8, 4) is 11.6 Å². The zero-order chi connectivity index (χ0) is 16.2. The number of hydrogen-bond donors (Lipinski definition) is 1. The van der Waals surface area contributed by atoms with E-state index in [1.54, 1.807) is 12.3 Å². The summed E-state index contributed by atoms with van der Waals surface area (Å²) in [6, 6.07) is 2.64. The second kappa shape index (κ2) is 7.14. The van der Waals surface area contributed by atoms with Gasteiger partial charge in [-0.25, -0.2) is 4.98 Å². The summed E-state index contributed by atoms with van der Waals surface area (Å²) in [7, 11) is 4.18. The van der Waals surface area contributed by atoms with Gasteiger partial charge in [-0.2, -0.15) is 0 Å². The van der Waals surface area contributed by atoms with Crippen LogP contribution in [0.5, 0.6) is 11.6 Å².